The maximum Gasteiger partial charge on any atom is 0.281 e. The zero-order valence-corrected chi connectivity index (χ0v) is 17.0. The minimum atomic E-state index is -0.482. The number of hydrogen-bond donors (Lipinski definition) is 0. The van der Waals surface area contributed by atoms with Crippen molar-refractivity contribution in [2.24, 2.45) is 5.10 Å². The molecular weight excluding hydrogens is 394 g/mol. The first-order valence-corrected chi connectivity index (χ1v) is 9.57. The number of nitrogens with zero attached hydrogens (tertiary/aromatic N) is 3. The molecule has 0 N–H and O–H groups in total. The Morgan fingerprint density at radius 1 is 0.968 bits per heavy atom. The molecule has 0 saturated carbocycles. The van der Waals surface area contributed by atoms with Crippen molar-refractivity contribution in [3.05, 3.63) is 105 Å². The molecule has 7 heteroatoms. The van der Waals surface area contributed by atoms with Crippen molar-refractivity contribution in [2.45, 2.75) is 6.92 Å². The molecule has 1 aliphatic rings. The normalized spacial score (nSPS) is 14.6. The van der Waals surface area contributed by atoms with Crippen LogP contribution in [-0.2, 0) is 4.79 Å². The SMILES string of the molecule is COc1ccc(C2=NN(c3ccc([N+](=O)[O-])cc3)C(=O)/C2=C\c2ccc(C)cc2)cc1. The standard InChI is InChI=1S/C24H19N3O4/c1-16-3-5-17(6-4-16)15-22-23(18-7-13-21(31-2)14-8-18)25-26(24(22)28)19-9-11-20(12-10-19)27(29)30/h3-15H,1-2H3/b22-15-. The van der Waals surface area contributed by atoms with Crippen molar-refractivity contribution in [3.63, 3.8) is 0 Å². The second-order valence-electron chi connectivity index (χ2n) is 7.04. The summed E-state index contributed by atoms with van der Waals surface area (Å²) in [5.74, 6) is 0.394. The molecule has 0 spiro atoms. The highest BCUT2D eigenvalue weighted by Crippen LogP contribution is 2.29. The van der Waals surface area contributed by atoms with E-state index in [0.717, 1.165) is 16.7 Å². The maximum absolute atomic E-state index is 13.3. The number of benzene rings is 3. The van der Waals surface area contributed by atoms with E-state index in [9.17, 15) is 14.9 Å². The van der Waals surface area contributed by atoms with E-state index in [4.69, 9.17) is 4.74 Å². The summed E-state index contributed by atoms with van der Waals surface area (Å²) in [4.78, 5) is 23.8. The third-order valence-corrected chi connectivity index (χ3v) is 4.93. The van der Waals surface area contributed by atoms with E-state index in [1.54, 1.807) is 25.3 Å². The molecule has 3 aromatic carbocycles. The van der Waals surface area contributed by atoms with Crippen LogP contribution >= 0.6 is 0 Å². The molecule has 0 atom stereocenters. The molecule has 3 aromatic rings. The summed E-state index contributed by atoms with van der Waals surface area (Å²) < 4.78 is 5.22. The smallest absolute Gasteiger partial charge is 0.281 e. The number of hydrogen-bond acceptors (Lipinski definition) is 5. The molecule has 7 nitrogen and oxygen atoms in total. The van der Waals surface area contributed by atoms with Gasteiger partial charge in [-0.25, -0.2) is 0 Å². The minimum Gasteiger partial charge on any atom is -0.497 e. The number of anilines is 1. The number of ether oxygens (including phenoxy) is 1. The van der Waals surface area contributed by atoms with Crippen LogP contribution in [0.3, 0.4) is 0 Å². The highest BCUT2D eigenvalue weighted by atomic mass is 16.6. The van der Waals surface area contributed by atoms with Crippen LogP contribution in [0.2, 0.25) is 0 Å². The monoisotopic (exact) mass is 413 g/mol. The molecule has 1 amide bonds. The fraction of sp³-hybridized carbons (Fsp3) is 0.0833. The predicted molar refractivity (Wildman–Crippen MR) is 119 cm³/mol. The summed E-state index contributed by atoms with van der Waals surface area (Å²) >= 11 is 0. The Morgan fingerprint density at radius 2 is 1.61 bits per heavy atom. The van der Waals surface area contributed by atoms with Crippen molar-refractivity contribution in [1.29, 1.82) is 0 Å². The number of carbonyl (C=O) groups is 1. The van der Waals surface area contributed by atoms with Gasteiger partial charge in [-0.1, -0.05) is 29.8 Å². The molecule has 0 unspecified atom stereocenters. The summed E-state index contributed by atoms with van der Waals surface area (Å²) in [6.07, 6.45) is 1.80. The lowest BCUT2D eigenvalue weighted by molar-refractivity contribution is -0.384. The van der Waals surface area contributed by atoms with Gasteiger partial charge in [-0.2, -0.15) is 10.1 Å². The van der Waals surface area contributed by atoms with Crippen molar-refractivity contribution >= 4 is 29.1 Å². The number of rotatable bonds is 5. The van der Waals surface area contributed by atoms with Gasteiger partial charge >= 0.3 is 0 Å². The fourth-order valence-electron chi connectivity index (χ4n) is 3.23. The van der Waals surface area contributed by atoms with Gasteiger partial charge in [0, 0.05) is 17.7 Å². The van der Waals surface area contributed by atoms with E-state index in [-0.39, 0.29) is 11.6 Å². The molecule has 0 radical (unpaired) electrons. The van der Waals surface area contributed by atoms with Gasteiger partial charge in [0.2, 0.25) is 0 Å². The van der Waals surface area contributed by atoms with Crippen molar-refractivity contribution in [1.82, 2.24) is 0 Å². The average Bonchev–Trinajstić information content (AvgIpc) is 3.11. The molecule has 154 valence electrons. The Bertz CT molecular complexity index is 1200. The molecule has 0 aromatic heterocycles. The van der Waals surface area contributed by atoms with Crippen LogP contribution in [0.5, 0.6) is 5.75 Å². The highest BCUT2D eigenvalue weighted by molar-refractivity contribution is 6.37. The van der Waals surface area contributed by atoms with E-state index in [1.165, 1.54) is 29.3 Å². The summed E-state index contributed by atoms with van der Waals surface area (Å²) in [5.41, 5.74) is 4.12. The Balaban J connectivity index is 1.78. The average molecular weight is 413 g/mol. The molecule has 31 heavy (non-hydrogen) atoms. The second-order valence-corrected chi connectivity index (χ2v) is 7.04. The zero-order valence-electron chi connectivity index (χ0n) is 17.0. The lowest BCUT2D eigenvalue weighted by atomic mass is 10.00. The summed E-state index contributed by atoms with van der Waals surface area (Å²) in [6, 6.07) is 20.9. The van der Waals surface area contributed by atoms with E-state index in [1.807, 2.05) is 43.3 Å². The Hall–Kier alpha value is -4.26. The molecule has 0 fully saturated rings. The first-order valence-electron chi connectivity index (χ1n) is 9.57. The first kappa shape index (κ1) is 20.0. The molecule has 1 aliphatic heterocycles. The van der Waals surface area contributed by atoms with E-state index in [2.05, 4.69) is 5.10 Å². The van der Waals surface area contributed by atoms with Gasteiger partial charge in [0.05, 0.1) is 23.3 Å². The van der Waals surface area contributed by atoms with Gasteiger partial charge < -0.3 is 4.74 Å². The predicted octanol–water partition coefficient (Wildman–Crippen LogP) is 4.75. The Labute approximate surface area is 179 Å². The van der Waals surface area contributed by atoms with Gasteiger partial charge in [-0.15, -0.1) is 0 Å². The minimum absolute atomic E-state index is 0.0508. The largest absolute Gasteiger partial charge is 0.497 e. The fourth-order valence-corrected chi connectivity index (χ4v) is 3.23. The third-order valence-electron chi connectivity index (χ3n) is 4.93. The molecule has 0 saturated heterocycles. The van der Waals surface area contributed by atoms with E-state index >= 15 is 0 Å². The number of hydrazone groups is 1. The lowest BCUT2D eigenvalue weighted by Gasteiger charge is -2.11. The van der Waals surface area contributed by atoms with Crippen LogP contribution < -0.4 is 9.75 Å². The van der Waals surface area contributed by atoms with Crippen molar-refractivity contribution in [2.75, 3.05) is 12.1 Å². The van der Waals surface area contributed by atoms with E-state index < -0.39 is 4.92 Å². The van der Waals surface area contributed by atoms with Crippen LogP contribution in [0.15, 0.2) is 83.5 Å². The Morgan fingerprint density at radius 3 is 2.19 bits per heavy atom. The number of amides is 1. The van der Waals surface area contributed by atoms with Gasteiger partial charge in [0.25, 0.3) is 11.6 Å². The molecule has 0 bridgehead atoms. The van der Waals surface area contributed by atoms with Gasteiger partial charge in [-0.3, -0.25) is 14.9 Å². The summed E-state index contributed by atoms with van der Waals surface area (Å²) in [7, 11) is 1.59. The van der Waals surface area contributed by atoms with Crippen LogP contribution in [0.1, 0.15) is 16.7 Å². The first-order chi connectivity index (χ1) is 15.0. The third kappa shape index (κ3) is 4.06. The number of methoxy groups -OCH3 is 1. The number of non-ortho nitro benzene ring substituents is 1. The number of nitro benzene ring substituents is 1. The second kappa shape index (κ2) is 8.23. The van der Waals surface area contributed by atoms with Gasteiger partial charge in [-0.05, 0) is 55.0 Å². The molecule has 1 heterocycles. The zero-order chi connectivity index (χ0) is 22.0. The molecule has 4 rings (SSSR count). The topological polar surface area (TPSA) is 85.0 Å². The number of carbonyl (C=O) groups excluding carboxylic acids is 1. The quantitative estimate of drug-likeness (QED) is 0.343. The van der Waals surface area contributed by atoms with Crippen LogP contribution in [0.4, 0.5) is 11.4 Å². The van der Waals surface area contributed by atoms with Crippen LogP contribution in [0.25, 0.3) is 6.08 Å². The van der Waals surface area contributed by atoms with Crippen LogP contribution in [0, 0.1) is 17.0 Å². The van der Waals surface area contributed by atoms with E-state index in [0.29, 0.717) is 22.7 Å². The lowest BCUT2D eigenvalue weighted by Crippen LogP contribution is -2.21. The van der Waals surface area contributed by atoms with Gasteiger partial charge in [0.1, 0.15) is 11.5 Å². The van der Waals surface area contributed by atoms with Gasteiger partial charge in [0.15, 0.2) is 0 Å². The highest BCUT2D eigenvalue weighted by Gasteiger charge is 2.32. The number of aryl methyl sites for hydroxylation is 1. The van der Waals surface area contributed by atoms with Crippen molar-refractivity contribution in [3.8, 4) is 5.75 Å². The Kier molecular flexibility index (Phi) is 5.32. The molecular formula is C24H19N3O4. The number of nitro groups is 1. The van der Waals surface area contributed by atoms with Crippen LogP contribution in [-0.4, -0.2) is 23.7 Å². The maximum atomic E-state index is 13.3. The van der Waals surface area contributed by atoms with Crippen molar-refractivity contribution < 1.29 is 14.5 Å². The summed E-state index contributed by atoms with van der Waals surface area (Å²) in [5, 5.41) is 16.8. The molecule has 0 aliphatic carbocycles. The summed E-state index contributed by atoms with van der Waals surface area (Å²) in [6.45, 7) is 2.00.